The lowest BCUT2D eigenvalue weighted by Gasteiger charge is -2.31. The van der Waals surface area contributed by atoms with Gasteiger partial charge in [-0.05, 0) is 0 Å². The van der Waals surface area contributed by atoms with Crippen molar-refractivity contribution in [1.82, 2.24) is 19.7 Å². The van der Waals surface area contributed by atoms with Crippen molar-refractivity contribution in [3.8, 4) is 11.3 Å². The number of nitrogens with two attached hydrogens (primary N) is 1. The second kappa shape index (κ2) is 4.45. The van der Waals surface area contributed by atoms with Crippen molar-refractivity contribution in [3.63, 3.8) is 0 Å². The third kappa shape index (κ3) is 2.20. The average Bonchev–Trinajstić information content (AvgIpc) is 2.74. The van der Waals surface area contributed by atoms with E-state index in [0.717, 1.165) is 13.1 Å². The molecule has 1 radical (unpaired) electrons. The van der Waals surface area contributed by atoms with Gasteiger partial charge in [-0.1, -0.05) is 0 Å². The van der Waals surface area contributed by atoms with Crippen molar-refractivity contribution >= 4 is 11.8 Å². The van der Waals surface area contributed by atoms with Crippen LogP contribution in [0.15, 0.2) is 18.5 Å². The van der Waals surface area contributed by atoms with Gasteiger partial charge in [0.1, 0.15) is 5.82 Å². The van der Waals surface area contributed by atoms with Gasteiger partial charge in [0, 0.05) is 37.3 Å². The van der Waals surface area contributed by atoms with Crippen molar-refractivity contribution < 1.29 is 8.78 Å². The summed E-state index contributed by atoms with van der Waals surface area (Å²) in [6, 6.07) is 1.72. The number of hydrogen-bond acceptors (Lipinski definition) is 5. The standard InChI is InChI=1S/C11H11F2N6/c12-10(13)19-6-7(5-15-19)8-4-9(17-11(14)16-8)18-2-1-3-18/h1,4-6,10H,2-3H2,(H2,14,16,17). The monoisotopic (exact) mass is 265 g/mol. The SMILES string of the molecule is Nc1nc(-c2cnn(C(F)F)c2)cc(N2C[CH]C2)n1. The van der Waals surface area contributed by atoms with Gasteiger partial charge in [0.2, 0.25) is 5.95 Å². The van der Waals surface area contributed by atoms with Crippen LogP contribution in [0.4, 0.5) is 20.5 Å². The minimum absolute atomic E-state index is 0.115. The first-order valence-corrected chi connectivity index (χ1v) is 5.67. The van der Waals surface area contributed by atoms with E-state index in [1.165, 1.54) is 12.4 Å². The zero-order valence-electron chi connectivity index (χ0n) is 9.87. The fraction of sp³-hybridized carbons (Fsp3) is 0.273. The van der Waals surface area contributed by atoms with Crippen LogP contribution in [0, 0.1) is 6.42 Å². The van der Waals surface area contributed by atoms with Crippen LogP contribution in [0.3, 0.4) is 0 Å². The Morgan fingerprint density at radius 2 is 2.05 bits per heavy atom. The highest BCUT2D eigenvalue weighted by molar-refractivity contribution is 5.63. The molecule has 1 aliphatic heterocycles. The molecule has 1 fully saturated rings. The molecular weight excluding hydrogens is 254 g/mol. The summed E-state index contributed by atoms with van der Waals surface area (Å²) in [6.07, 6.45) is 4.66. The predicted molar refractivity (Wildman–Crippen MR) is 65.4 cm³/mol. The Morgan fingerprint density at radius 1 is 1.26 bits per heavy atom. The molecule has 99 valence electrons. The Labute approximate surface area is 107 Å². The topological polar surface area (TPSA) is 72.9 Å². The molecule has 3 heterocycles. The molecule has 1 saturated heterocycles. The molecule has 0 amide bonds. The number of nitrogen functional groups attached to an aromatic ring is 1. The maximum atomic E-state index is 12.5. The molecule has 0 spiro atoms. The molecule has 2 aromatic rings. The van der Waals surface area contributed by atoms with E-state index >= 15 is 0 Å². The quantitative estimate of drug-likeness (QED) is 0.906. The van der Waals surface area contributed by atoms with Gasteiger partial charge in [0.05, 0.1) is 11.9 Å². The summed E-state index contributed by atoms with van der Waals surface area (Å²) in [5.74, 6) is 0.805. The normalized spacial score (nSPS) is 14.8. The van der Waals surface area contributed by atoms with Crippen LogP contribution in [0.25, 0.3) is 11.3 Å². The summed E-state index contributed by atoms with van der Waals surface area (Å²) in [6.45, 7) is -1.07. The summed E-state index contributed by atoms with van der Waals surface area (Å²) in [5, 5.41) is 3.58. The molecule has 2 N–H and O–H groups in total. The number of rotatable bonds is 3. The minimum atomic E-state index is -2.67. The zero-order chi connectivity index (χ0) is 13.4. The molecular formula is C11H11F2N6. The number of alkyl halides is 2. The molecule has 0 unspecified atom stereocenters. The molecule has 1 aliphatic rings. The second-order valence-corrected chi connectivity index (χ2v) is 4.15. The van der Waals surface area contributed by atoms with Gasteiger partial charge < -0.3 is 10.6 Å². The van der Waals surface area contributed by atoms with Crippen molar-refractivity contribution in [3.05, 3.63) is 24.9 Å². The van der Waals surface area contributed by atoms with Crippen molar-refractivity contribution in [2.24, 2.45) is 0 Å². The van der Waals surface area contributed by atoms with E-state index in [0.29, 0.717) is 21.8 Å². The average molecular weight is 265 g/mol. The van der Waals surface area contributed by atoms with E-state index in [9.17, 15) is 8.78 Å². The van der Waals surface area contributed by atoms with E-state index in [1.807, 2.05) is 4.90 Å². The molecule has 0 bridgehead atoms. The third-order valence-electron chi connectivity index (χ3n) is 2.85. The third-order valence-corrected chi connectivity index (χ3v) is 2.85. The van der Waals surface area contributed by atoms with Crippen LogP contribution in [0.2, 0.25) is 0 Å². The fourth-order valence-electron chi connectivity index (χ4n) is 1.78. The Bertz CT molecular complexity index is 593. The lowest BCUT2D eigenvalue weighted by atomic mass is 10.2. The zero-order valence-corrected chi connectivity index (χ0v) is 9.87. The molecule has 0 aliphatic carbocycles. The van der Waals surface area contributed by atoms with Gasteiger partial charge in [-0.3, -0.25) is 0 Å². The Kier molecular flexibility index (Phi) is 2.77. The first kappa shape index (κ1) is 11.8. The molecule has 0 aromatic carbocycles. The summed E-state index contributed by atoms with van der Waals surface area (Å²) in [7, 11) is 0. The largest absolute Gasteiger partial charge is 0.368 e. The molecule has 19 heavy (non-hydrogen) atoms. The molecule has 8 heteroatoms. The van der Waals surface area contributed by atoms with Crippen molar-refractivity contribution in [1.29, 1.82) is 0 Å². The van der Waals surface area contributed by atoms with Crippen LogP contribution in [0.1, 0.15) is 6.55 Å². The van der Waals surface area contributed by atoms with Crippen LogP contribution < -0.4 is 10.6 Å². The Balaban J connectivity index is 1.96. The smallest absolute Gasteiger partial charge is 0.333 e. The number of hydrogen-bond donors (Lipinski definition) is 1. The summed E-state index contributed by atoms with van der Waals surface area (Å²) in [4.78, 5) is 10.2. The lowest BCUT2D eigenvalue weighted by Crippen LogP contribution is -2.38. The van der Waals surface area contributed by atoms with Gasteiger partial charge in [-0.15, -0.1) is 0 Å². The highest BCUT2D eigenvalue weighted by Gasteiger charge is 2.18. The van der Waals surface area contributed by atoms with Crippen molar-refractivity contribution in [2.45, 2.75) is 6.55 Å². The van der Waals surface area contributed by atoms with Gasteiger partial charge in [-0.2, -0.15) is 18.9 Å². The maximum Gasteiger partial charge on any atom is 0.333 e. The molecule has 2 aromatic heterocycles. The Hall–Kier alpha value is -2.25. The van der Waals surface area contributed by atoms with Gasteiger partial charge in [0.25, 0.3) is 0 Å². The van der Waals surface area contributed by atoms with E-state index in [1.54, 1.807) is 6.07 Å². The number of nitrogens with zero attached hydrogens (tertiary/aromatic N) is 5. The summed E-state index contributed by atoms with van der Waals surface area (Å²) in [5.41, 5.74) is 6.62. The molecule has 6 nitrogen and oxygen atoms in total. The predicted octanol–water partition coefficient (Wildman–Crippen LogP) is 1.34. The molecule has 3 rings (SSSR count). The second-order valence-electron chi connectivity index (χ2n) is 4.15. The highest BCUT2D eigenvalue weighted by atomic mass is 19.3. The van der Waals surface area contributed by atoms with Crippen LogP contribution in [-0.2, 0) is 0 Å². The van der Waals surface area contributed by atoms with Gasteiger partial charge in [-0.25, -0.2) is 9.67 Å². The maximum absolute atomic E-state index is 12.5. The Morgan fingerprint density at radius 3 is 2.63 bits per heavy atom. The highest BCUT2D eigenvalue weighted by Crippen LogP contribution is 2.25. The lowest BCUT2D eigenvalue weighted by molar-refractivity contribution is 0.0566. The molecule has 0 saturated carbocycles. The number of halogens is 2. The first-order valence-electron chi connectivity index (χ1n) is 5.67. The first-order chi connectivity index (χ1) is 9.13. The van der Waals surface area contributed by atoms with Gasteiger partial charge >= 0.3 is 6.55 Å². The number of aromatic nitrogens is 4. The minimum Gasteiger partial charge on any atom is -0.368 e. The van der Waals surface area contributed by atoms with Crippen LogP contribution in [0.5, 0.6) is 0 Å². The summed E-state index contributed by atoms with van der Waals surface area (Å²) >= 11 is 0. The van der Waals surface area contributed by atoms with E-state index in [-0.39, 0.29) is 5.95 Å². The van der Waals surface area contributed by atoms with Crippen LogP contribution >= 0.6 is 0 Å². The molecule has 0 atom stereocenters. The summed E-state index contributed by atoms with van der Waals surface area (Å²) < 4.78 is 25.5. The van der Waals surface area contributed by atoms with E-state index < -0.39 is 6.55 Å². The van der Waals surface area contributed by atoms with E-state index in [2.05, 4.69) is 21.5 Å². The van der Waals surface area contributed by atoms with Crippen LogP contribution in [-0.4, -0.2) is 32.8 Å². The van der Waals surface area contributed by atoms with Crippen molar-refractivity contribution in [2.75, 3.05) is 23.7 Å². The number of anilines is 2. The van der Waals surface area contributed by atoms with Gasteiger partial charge in [0.15, 0.2) is 0 Å². The fourth-order valence-corrected chi connectivity index (χ4v) is 1.78. The van der Waals surface area contributed by atoms with E-state index in [4.69, 9.17) is 5.73 Å².